The predicted octanol–water partition coefficient (Wildman–Crippen LogP) is 4.44. The molecule has 5 heteroatoms. The Balaban J connectivity index is 1.66. The molecule has 1 aliphatic heterocycles. The van der Waals surface area contributed by atoms with Crippen molar-refractivity contribution in [2.24, 2.45) is 5.92 Å². The lowest BCUT2D eigenvalue weighted by Crippen LogP contribution is -2.57. The van der Waals surface area contributed by atoms with Crippen LogP contribution in [-0.4, -0.2) is 30.9 Å². The molecule has 4 rings (SSSR count). The van der Waals surface area contributed by atoms with Crippen LogP contribution in [0.2, 0.25) is 0 Å². The number of carbonyl (C=O) groups excluding carboxylic acids is 2. The number of hydrogen-bond acceptors (Lipinski definition) is 3. The van der Waals surface area contributed by atoms with E-state index in [0.717, 1.165) is 61.0 Å². The molecule has 2 aromatic carbocycles. The zero-order chi connectivity index (χ0) is 22.0. The lowest BCUT2D eigenvalue weighted by Gasteiger charge is -2.32. The Bertz CT molecular complexity index is 963. The molecule has 1 fully saturated rings. The molecule has 164 valence electrons. The molecule has 0 saturated heterocycles. The molecule has 2 amide bonds. The monoisotopic (exact) mass is 419 g/mol. The fourth-order valence-electron chi connectivity index (χ4n) is 4.90. The fraction of sp³-hybridized carbons (Fsp3) is 0.462. The van der Waals surface area contributed by atoms with Crippen molar-refractivity contribution in [2.45, 2.75) is 57.5 Å². The van der Waals surface area contributed by atoms with E-state index in [-0.39, 0.29) is 11.8 Å². The van der Waals surface area contributed by atoms with Crippen molar-refractivity contribution in [1.29, 1.82) is 0 Å². The summed E-state index contributed by atoms with van der Waals surface area (Å²) in [4.78, 5) is 28.8. The molecular weight excluding hydrogens is 386 g/mol. The van der Waals surface area contributed by atoms with Gasteiger partial charge in [-0.15, -0.1) is 0 Å². The Kier molecular flexibility index (Phi) is 6.15. The Hall–Kier alpha value is -2.66. The van der Waals surface area contributed by atoms with Crippen molar-refractivity contribution >= 4 is 17.5 Å². The van der Waals surface area contributed by atoms with Gasteiger partial charge in [-0.25, -0.2) is 0 Å². The van der Waals surface area contributed by atoms with E-state index < -0.39 is 11.6 Å². The van der Waals surface area contributed by atoms with Gasteiger partial charge in [0.15, 0.2) is 0 Å². The van der Waals surface area contributed by atoms with Gasteiger partial charge in [0.1, 0.15) is 6.04 Å². The summed E-state index contributed by atoms with van der Waals surface area (Å²) in [5.74, 6) is 0.416. The van der Waals surface area contributed by atoms with Gasteiger partial charge in [-0.1, -0.05) is 69.2 Å². The van der Waals surface area contributed by atoms with Crippen molar-refractivity contribution in [1.82, 2.24) is 10.6 Å². The topological polar surface area (TPSA) is 61.4 Å². The van der Waals surface area contributed by atoms with Crippen molar-refractivity contribution < 1.29 is 9.59 Å². The number of benzene rings is 2. The highest BCUT2D eigenvalue weighted by Gasteiger charge is 2.43. The normalized spacial score (nSPS) is 19.7. The second-order valence-electron chi connectivity index (χ2n) is 9.31. The van der Waals surface area contributed by atoms with Crippen LogP contribution < -0.4 is 15.5 Å². The highest BCUT2D eigenvalue weighted by molar-refractivity contribution is 6.06. The summed E-state index contributed by atoms with van der Waals surface area (Å²) in [6.07, 6.45) is 4.72. The first-order valence-corrected chi connectivity index (χ1v) is 11.4. The van der Waals surface area contributed by atoms with E-state index in [1.807, 2.05) is 48.5 Å². The number of nitrogens with zero attached hydrogens (tertiary/aromatic N) is 1. The average molecular weight is 420 g/mol. The fourth-order valence-corrected chi connectivity index (χ4v) is 4.90. The van der Waals surface area contributed by atoms with Crippen LogP contribution in [0.15, 0.2) is 48.5 Å². The molecule has 0 radical (unpaired) electrons. The largest absolute Gasteiger partial charge is 0.339 e. The molecule has 1 atom stereocenters. The maximum Gasteiger partial charge on any atom is 0.253 e. The Morgan fingerprint density at radius 2 is 1.71 bits per heavy atom. The zero-order valence-corrected chi connectivity index (χ0v) is 18.8. The Morgan fingerprint density at radius 1 is 1.06 bits per heavy atom. The van der Waals surface area contributed by atoms with Gasteiger partial charge >= 0.3 is 0 Å². The summed E-state index contributed by atoms with van der Waals surface area (Å²) in [5, 5.41) is 6.72. The van der Waals surface area contributed by atoms with Crippen LogP contribution in [0.5, 0.6) is 0 Å². The van der Waals surface area contributed by atoms with E-state index in [1.54, 1.807) is 11.9 Å². The number of rotatable bonds is 6. The van der Waals surface area contributed by atoms with Gasteiger partial charge in [-0.2, -0.15) is 0 Å². The quantitative estimate of drug-likeness (QED) is 0.728. The van der Waals surface area contributed by atoms with E-state index in [0.29, 0.717) is 5.92 Å². The van der Waals surface area contributed by atoms with Gasteiger partial charge < -0.3 is 15.5 Å². The lowest BCUT2D eigenvalue weighted by molar-refractivity contribution is -0.132. The van der Waals surface area contributed by atoms with Gasteiger partial charge in [0.05, 0.1) is 11.2 Å². The van der Waals surface area contributed by atoms with Crippen LogP contribution in [0.1, 0.15) is 57.6 Å². The van der Waals surface area contributed by atoms with Crippen LogP contribution in [0, 0.1) is 5.92 Å². The number of carbonyl (C=O) groups is 2. The second-order valence-corrected chi connectivity index (χ2v) is 9.31. The molecule has 0 aromatic heterocycles. The number of nitrogens with one attached hydrogen (secondary N) is 2. The molecule has 1 aliphatic carbocycles. The third-order valence-electron chi connectivity index (χ3n) is 6.76. The molecule has 2 N–H and O–H groups in total. The first-order chi connectivity index (χ1) is 14.9. The van der Waals surface area contributed by atoms with Crippen LogP contribution >= 0.6 is 0 Å². The highest BCUT2D eigenvalue weighted by atomic mass is 16.2. The molecule has 31 heavy (non-hydrogen) atoms. The maximum atomic E-state index is 13.6. The molecule has 1 unspecified atom stereocenters. The summed E-state index contributed by atoms with van der Waals surface area (Å²) in [7, 11) is 1.79. The van der Waals surface area contributed by atoms with E-state index in [1.165, 1.54) is 0 Å². The SMILES string of the molecule is CC(C)CCNC1(C(=O)NC2C(=O)N(C)c3ccccc3-c3ccccc32)CCCC1. The van der Waals surface area contributed by atoms with Gasteiger partial charge in [-0.3, -0.25) is 9.59 Å². The first-order valence-electron chi connectivity index (χ1n) is 11.4. The smallest absolute Gasteiger partial charge is 0.253 e. The Morgan fingerprint density at radius 3 is 2.42 bits per heavy atom. The molecule has 2 aliphatic rings. The third kappa shape index (κ3) is 4.11. The summed E-state index contributed by atoms with van der Waals surface area (Å²) in [6.45, 7) is 5.20. The molecule has 1 saturated carbocycles. The number of likely N-dealkylation sites (N-methyl/N-ethyl adjacent to an activating group) is 1. The van der Waals surface area contributed by atoms with E-state index >= 15 is 0 Å². The van der Waals surface area contributed by atoms with Gasteiger partial charge in [0.25, 0.3) is 5.91 Å². The molecule has 0 bridgehead atoms. The van der Waals surface area contributed by atoms with Crippen molar-refractivity contribution in [3.05, 3.63) is 54.1 Å². The summed E-state index contributed by atoms with van der Waals surface area (Å²) in [5.41, 5.74) is 3.14. The van der Waals surface area contributed by atoms with E-state index in [9.17, 15) is 9.59 Å². The van der Waals surface area contributed by atoms with Crippen LogP contribution in [-0.2, 0) is 9.59 Å². The number of amides is 2. The number of hydrogen-bond donors (Lipinski definition) is 2. The lowest BCUT2D eigenvalue weighted by atomic mass is 9.92. The summed E-state index contributed by atoms with van der Waals surface area (Å²) in [6, 6.07) is 15.1. The molecule has 1 heterocycles. The van der Waals surface area contributed by atoms with E-state index in [4.69, 9.17) is 0 Å². The summed E-state index contributed by atoms with van der Waals surface area (Å²) >= 11 is 0. The van der Waals surface area contributed by atoms with Crippen molar-refractivity contribution in [3.63, 3.8) is 0 Å². The second kappa shape index (κ2) is 8.83. The molecule has 0 spiro atoms. The molecule has 5 nitrogen and oxygen atoms in total. The van der Waals surface area contributed by atoms with Gasteiger partial charge in [0, 0.05) is 12.6 Å². The maximum absolute atomic E-state index is 13.6. The average Bonchev–Trinajstić information content (AvgIpc) is 3.23. The first kappa shape index (κ1) is 21.6. The van der Waals surface area contributed by atoms with Gasteiger partial charge in [0.2, 0.25) is 5.91 Å². The minimum Gasteiger partial charge on any atom is -0.339 e. The third-order valence-corrected chi connectivity index (χ3v) is 6.76. The molecular formula is C26H33N3O2. The van der Waals surface area contributed by atoms with Crippen molar-refractivity contribution in [2.75, 3.05) is 18.5 Å². The summed E-state index contributed by atoms with van der Waals surface area (Å²) < 4.78 is 0. The highest BCUT2D eigenvalue weighted by Crippen LogP contribution is 2.40. The standard InChI is InChI=1S/C26H33N3O2/c1-18(2)14-17-27-26(15-8-9-16-26)25(31)28-23-21-12-5-4-10-19(21)20-11-6-7-13-22(20)29(3)24(23)30/h4-7,10-13,18,23,27H,8-9,14-17H2,1-3H3,(H,28,31). The minimum absolute atomic E-state index is 0.0544. The number of anilines is 1. The minimum atomic E-state index is -0.703. The zero-order valence-electron chi connectivity index (χ0n) is 18.8. The van der Waals surface area contributed by atoms with Crippen LogP contribution in [0.4, 0.5) is 5.69 Å². The Labute approximate surface area is 185 Å². The van der Waals surface area contributed by atoms with Crippen LogP contribution in [0.3, 0.4) is 0 Å². The van der Waals surface area contributed by atoms with Gasteiger partial charge in [-0.05, 0) is 48.9 Å². The van der Waals surface area contributed by atoms with Crippen LogP contribution in [0.25, 0.3) is 11.1 Å². The number of para-hydroxylation sites is 1. The molecule has 2 aromatic rings. The number of fused-ring (bicyclic) bond motifs is 3. The van der Waals surface area contributed by atoms with E-state index in [2.05, 4.69) is 24.5 Å². The van der Waals surface area contributed by atoms with Crippen molar-refractivity contribution in [3.8, 4) is 11.1 Å². The predicted molar refractivity (Wildman–Crippen MR) is 125 cm³/mol.